The average Bonchev–Trinajstić information content (AvgIpc) is 2.36. The molecule has 0 amide bonds. The molecular formula is C14H23NO4S. The van der Waals surface area contributed by atoms with Crippen LogP contribution < -0.4 is 9.46 Å². The molecule has 6 heteroatoms. The number of hydrogen-bond donors (Lipinski definition) is 2. The molecule has 0 radical (unpaired) electrons. The summed E-state index contributed by atoms with van der Waals surface area (Å²) in [5.74, 6) is 0.639. The van der Waals surface area contributed by atoms with E-state index in [1.165, 1.54) is 0 Å². The minimum atomic E-state index is -3.57. The number of aliphatic hydroxyl groups is 1. The number of benzene rings is 1. The van der Waals surface area contributed by atoms with Crippen LogP contribution in [0.2, 0.25) is 0 Å². The average molecular weight is 301 g/mol. The lowest BCUT2D eigenvalue weighted by molar-refractivity contribution is 0.162. The zero-order chi connectivity index (χ0) is 15.3. The van der Waals surface area contributed by atoms with Gasteiger partial charge in [-0.15, -0.1) is 0 Å². The summed E-state index contributed by atoms with van der Waals surface area (Å²) in [6, 6.07) is 3.39. The van der Waals surface area contributed by atoms with Crippen molar-refractivity contribution in [2.45, 2.75) is 44.6 Å². The van der Waals surface area contributed by atoms with Crippen LogP contribution in [-0.2, 0) is 10.0 Å². The summed E-state index contributed by atoms with van der Waals surface area (Å²) in [6.45, 7) is 5.56. The zero-order valence-electron chi connectivity index (χ0n) is 12.4. The Labute approximate surface area is 121 Å². The van der Waals surface area contributed by atoms with Crippen molar-refractivity contribution in [1.29, 1.82) is 0 Å². The van der Waals surface area contributed by atoms with E-state index < -0.39 is 16.1 Å². The zero-order valence-corrected chi connectivity index (χ0v) is 13.3. The van der Waals surface area contributed by atoms with E-state index in [1.807, 2.05) is 6.92 Å². The minimum Gasteiger partial charge on any atom is -0.497 e. The van der Waals surface area contributed by atoms with Crippen molar-refractivity contribution in [2.75, 3.05) is 13.7 Å². The lowest BCUT2D eigenvalue weighted by Gasteiger charge is -2.14. The first-order valence-corrected chi connectivity index (χ1v) is 8.13. The molecule has 0 fully saturated rings. The van der Waals surface area contributed by atoms with Crippen molar-refractivity contribution >= 4 is 10.0 Å². The van der Waals surface area contributed by atoms with Gasteiger partial charge in [0.05, 0.1) is 18.1 Å². The first-order chi connectivity index (χ1) is 9.31. The van der Waals surface area contributed by atoms with Gasteiger partial charge in [-0.05, 0) is 49.9 Å². The summed E-state index contributed by atoms with van der Waals surface area (Å²) in [4.78, 5) is 0.282. The maximum absolute atomic E-state index is 12.3. The minimum absolute atomic E-state index is 0.224. The van der Waals surface area contributed by atoms with Crippen LogP contribution >= 0.6 is 0 Å². The molecule has 0 aromatic heterocycles. The van der Waals surface area contributed by atoms with Crippen LogP contribution in [-0.4, -0.2) is 33.3 Å². The summed E-state index contributed by atoms with van der Waals surface area (Å²) < 4.78 is 32.3. The lowest BCUT2D eigenvalue weighted by Crippen LogP contribution is -2.28. The molecule has 0 aliphatic carbocycles. The van der Waals surface area contributed by atoms with Gasteiger partial charge in [-0.2, -0.15) is 0 Å². The summed E-state index contributed by atoms with van der Waals surface area (Å²) in [6.07, 6.45) is 0.544. The normalized spacial score (nSPS) is 13.2. The first-order valence-electron chi connectivity index (χ1n) is 6.64. The first kappa shape index (κ1) is 16.9. The maximum Gasteiger partial charge on any atom is 0.241 e. The van der Waals surface area contributed by atoms with E-state index in [9.17, 15) is 13.5 Å². The van der Waals surface area contributed by atoms with Gasteiger partial charge in [0.1, 0.15) is 5.75 Å². The Balaban J connectivity index is 2.93. The third-order valence-corrected chi connectivity index (χ3v) is 4.94. The fourth-order valence-electron chi connectivity index (χ4n) is 2.09. The molecule has 0 heterocycles. The number of aliphatic hydroxyl groups excluding tert-OH is 1. The van der Waals surface area contributed by atoms with Crippen LogP contribution in [0.1, 0.15) is 30.9 Å². The predicted octanol–water partition coefficient (Wildman–Crippen LogP) is 1.75. The molecule has 1 atom stereocenters. The molecule has 0 saturated carbocycles. The fourth-order valence-corrected chi connectivity index (χ4v) is 3.58. The highest BCUT2D eigenvalue weighted by atomic mass is 32.2. The van der Waals surface area contributed by atoms with Gasteiger partial charge in [0.2, 0.25) is 10.0 Å². The van der Waals surface area contributed by atoms with E-state index in [0.29, 0.717) is 29.7 Å². The van der Waals surface area contributed by atoms with E-state index in [2.05, 4.69) is 4.72 Å². The number of methoxy groups -OCH3 is 1. The predicted molar refractivity (Wildman–Crippen MR) is 78.6 cm³/mol. The molecule has 1 unspecified atom stereocenters. The van der Waals surface area contributed by atoms with E-state index in [-0.39, 0.29) is 11.4 Å². The Morgan fingerprint density at radius 1 is 1.30 bits per heavy atom. The van der Waals surface area contributed by atoms with Crippen molar-refractivity contribution in [1.82, 2.24) is 4.72 Å². The highest BCUT2D eigenvalue weighted by Gasteiger charge is 2.20. The van der Waals surface area contributed by atoms with Crippen molar-refractivity contribution in [3.8, 4) is 5.75 Å². The maximum atomic E-state index is 12.3. The van der Waals surface area contributed by atoms with Crippen molar-refractivity contribution in [3.05, 3.63) is 23.3 Å². The summed E-state index contributed by atoms with van der Waals surface area (Å²) in [7, 11) is -2.02. The van der Waals surface area contributed by atoms with Crippen LogP contribution in [0.5, 0.6) is 5.75 Å². The molecule has 0 spiro atoms. The molecule has 20 heavy (non-hydrogen) atoms. The molecular weight excluding hydrogens is 278 g/mol. The van der Waals surface area contributed by atoms with E-state index in [1.54, 1.807) is 33.1 Å². The Hall–Kier alpha value is -1.11. The molecule has 2 N–H and O–H groups in total. The molecule has 5 nitrogen and oxygen atoms in total. The van der Waals surface area contributed by atoms with Gasteiger partial charge in [-0.3, -0.25) is 0 Å². The van der Waals surface area contributed by atoms with Crippen LogP contribution in [0.25, 0.3) is 0 Å². The molecule has 0 aliphatic heterocycles. The standard InChI is InChI=1S/C14H23NO4S/c1-5-12(16)6-7-15-20(17,18)14-10(2)8-13(19-4)9-11(14)3/h8-9,12,15-16H,5-7H2,1-4H3. The Bertz CT molecular complexity index is 531. The van der Waals surface area contributed by atoms with Crippen molar-refractivity contribution in [3.63, 3.8) is 0 Å². The van der Waals surface area contributed by atoms with Gasteiger partial charge < -0.3 is 9.84 Å². The summed E-state index contributed by atoms with van der Waals surface area (Å²) in [5.41, 5.74) is 1.29. The van der Waals surface area contributed by atoms with Gasteiger partial charge >= 0.3 is 0 Å². The van der Waals surface area contributed by atoms with Gasteiger partial charge in [-0.1, -0.05) is 6.92 Å². The molecule has 1 aromatic carbocycles. The number of nitrogens with one attached hydrogen (secondary N) is 1. The largest absolute Gasteiger partial charge is 0.497 e. The van der Waals surface area contributed by atoms with Crippen molar-refractivity contribution in [2.24, 2.45) is 0 Å². The monoisotopic (exact) mass is 301 g/mol. The fraction of sp³-hybridized carbons (Fsp3) is 0.571. The highest BCUT2D eigenvalue weighted by Crippen LogP contribution is 2.25. The smallest absolute Gasteiger partial charge is 0.241 e. The molecule has 0 bridgehead atoms. The number of ether oxygens (including phenoxy) is 1. The van der Waals surface area contributed by atoms with Crippen LogP contribution in [0, 0.1) is 13.8 Å². The lowest BCUT2D eigenvalue weighted by atomic mass is 10.1. The summed E-state index contributed by atoms with van der Waals surface area (Å²) >= 11 is 0. The number of rotatable bonds is 7. The SMILES string of the molecule is CCC(O)CCNS(=O)(=O)c1c(C)cc(OC)cc1C. The van der Waals surface area contributed by atoms with E-state index in [0.717, 1.165) is 0 Å². The van der Waals surface area contributed by atoms with Gasteiger partial charge in [0, 0.05) is 6.54 Å². The summed E-state index contributed by atoms with van der Waals surface area (Å²) in [5, 5.41) is 9.45. The van der Waals surface area contributed by atoms with Crippen LogP contribution in [0.15, 0.2) is 17.0 Å². The van der Waals surface area contributed by atoms with Crippen LogP contribution in [0.4, 0.5) is 0 Å². The second kappa shape index (κ2) is 7.06. The third kappa shape index (κ3) is 4.19. The second-order valence-electron chi connectivity index (χ2n) is 4.84. The van der Waals surface area contributed by atoms with Crippen LogP contribution in [0.3, 0.4) is 0 Å². The number of aryl methyl sites for hydroxylation is 2. The second-order valence-corrected chi connectivity index (χ2v) is 6.54. The number of hydrogen-bond acceptors (Lipinski definition) is 4. The third-order valence-electron chi connectivity index (χ3n) is 3.18. The highest BCUT2D eigenvalue weighted by molar-refractivity contribution is 7.89. The van der Waals surface area contributed by atoms with E-state index >= 15 is 0 Å². The molecule has 1 aromatic rings. The Morgan fingerprint density at radius 2 is 1.85 bits per heavy atom. The topological polar surface area (TPSA) is 75.6 Å². The quantitative estimate of drug-likeness (QED) is 0.804. The Kier molecular flexibility index (Phi) is 5.98. The van der Waals surface area contributed by atoms with Gasteiger partial charge in [0.25, 0.3) is 0 Å². The number of sulfonamides is 1. The van der Waals surface area contributed by atoms with Gasteiger partial charge in [0.15, 0.2) is 0 Å². The van der Waals surface area contributed by atoms with E-state index in [4.69, 9.17) is 4.74 Å². The van der Waals surface area contributed by atoms with Crippen molar-refractivity contribution < 1.29 is 18.3 Å². The van der Waals surface area contributed by atoms with Gasteiger partial charge in [-0.25, -0.2) is 13.1 Å². The molecule has 0 saturated heterocycles. The Morgan fingerprint density at radius 3 is 2.30 bits per heavy atom. The molecule has 114 valence electrons. The molecule has 1 rings (SSSR count). The molecule has 0 aliphatic rings.